The van der Waals surface area contributed by atoms with E-state index in [-0.39, 0.29) is 28.9 Å². The molecule has 0 bridgehead atoms. The van der Waals surface area contributed by atoms with Crippen molar-refractivity contribution >= 4 is 22.6 Å². The van der Waals surface area contributed by atoms with E-state index in [0.717, 1.165) is 0 Å². The van der Waals surface area contributed by atoms with Gasteiger partial charge in [0.1, 0.15) is 5.69 Å². The van der Waals surface area contributed by atoms with Crippen LogP contribution in [0.1, 0.15) is 39.9 Å². The number of para-hydroxylation sites is 1. The summed E-state index contributed by atoms with van der Waals surface area (Å²) in [6.45, 7) is 0.947. The lowest BCUT2D eigenvalue weighted by Crippen LogP contribution is -2.40. The van der Waals surface area contributed by atoms with Crippen LogP contribution in [0.15, 0.2) is 77.7 Å². The van der Waals surface area contributed by atoms with E-state index in [1.165, 1.54) is 4.68 Å². The maximum Gasteiger partial charge on any atom is 0.352 e. The zero-order valence-electron chi connectivity index (χ0n) is 17.8. The van der Waals surface area contributed by atoms with Crippen molar-refractivity contribution in [2.24, 2.45) is 0 Å². The monoisotopic (exact) mass is 442 g/mol. The summed E-state index contributed by atoms with van der Waals surface area (Å²) in [6, 6.07) is 19.4. The Labute approximate surface area is 189 Å². The van der Waals surface area contributed by atoms with Crippen LogP contribution in [0.2, 0.25) is 0 Å². The molecular weight excluding hydrogens is 420 g/mol. The van der Waals surface area contributed by atoms with Crippen LogP contribution in [0.25, 0.3) is 16.5 Å². The largest absolute Gasteiger partial charge is 0.477 e. The lowest BCUT2D eigenvalue weighted by molar-refractivity contribution is 0.0647. The highest BCUT2D eigenvalue weighted by Crippen LogP contribution is 2.26. The highest BCUT2D eigenvalue weighted by Gasteiger charge is 2.28. The Morgan fingerprint density at radius 2 is 1.55 bits per heavy atom. The molecule has 0 spiro atoms. The first-order valence-electron chi connectivity index (χ1n) is 10.8. The molecule has 1 fully saturated rings. The van der Waals surface area contributed by atoms with Crippen LogP contribution in [0.3, 0.4) is 0 Å². The number of amides is 1. The van der Waals surface area contributed by atoms with Crippen LogP contribution in [0.4, 0.5) is 0 Å². The summed E-state index contributed by atoms with van der Waals surface area (Å²) in [5.41, 5.74) is 0.803. The van der Waals surface area contributed by atoms with Crippen molar-refractivity contribution in [2.75, 3.05) is 13.1 Å². The topological polar surface area (TPSA) is 97.4 Å². The average molecular weight is 442 g/mol. The van der Waals surface area contributed by atoms with Crippen LogP contribution >= 0.6 is 0 Å². The molecule has 4 aromatic rings. The van der Waals surface area contributed by atoms with Crippen LogP contribution in [0, 0.1) is 0 Å². The summed E-state index contributed by atoms with van der Waals surface area (Å²) in [5.74, 6) is -1.20. The number of hydrogen-bond donors (Lipinski definition) is 1. The van der Waals surface area contributed by atoms with E-state index >= 15 is 0 Å². The van der Waals surface area contributed by atoms with Gasteiger partial charge in [-0.1, -0.05) is 36.4 Å². The molecule has 8 heteroatoms. The summed E-state index contributed by atoms with van der Waals surface area (Å²) in [4.78, 5) is 39.8. The number of hydrogen-bond acceptors (Lipinski definition) is 4. The first-order valence-corrected chi connectivity index (χ1v) is 10.8. The van der Waals surface area contributed by atoms with E-state index < -0.39 is 5.97 Å². The van der Waals surface area contributed by atoms with Gasteiger partial charge in [-0.15, -0.1) is 0 Å². The van der Waals surface area contributed by atoms with E-state index in [1.807, 2.05) is 18.2 Å². The summed E-state index contributed by atoms with van der Waals surface area (Å²) in [6.07, 6.45) is 3.05. The zero-order chi connectivity index (χ0) is 22.9. The minimum atomic E-state index is -0.961. The fourth-order valence-corrected chi connectivity index (χ4v) is 4.48. The average Bonchev–Trinajstić information content (AvgIpc) is 3.35. The number of piperidine rings is 1. The molecule has 1 aliphatic rings. The molecule has 1 N–H and O–H groups in total. The van der Waals surface area contributed by atoms with Gasteiger partial charge in [0.2, 0.25) is 0 Å². The maximum absolute atomic E-state index is 13.5. The van der Waals surface area contributed by atoms with Gasteiger partial charge in [-0.05, 0) is 43.2 Å². The van der Waals surface area contributed by atoms with E-state index in [9.17, 15) is 19.5 Å². The standard InChI is InChI=1S/C25H22N4O4/c30-23-20-10-5-4-9-19(20)22(26-29(23)18-7-2-1-3-8-18)24(31)27-15-12-17(13-16-27)28-14-6-11-21(28)25(32)33/h1-11,14,17H,12-13,15-16H2,(H,32,33). The third-order valence-electron chi connectivity index (χ3n) is 6.15. The van der Waals surface area contributed by atoms with E-state index in [0.29, 0.717) is 42.4 Å². The predicted molar refractivity (Wildman–Crippen MR) is 123 cm³/mol. The van der Waals surface area contributed by atoms with Gasteiger partial charge in [-0.3, -0.25) is 9.59 Å². The molecule has 2 aromatic carbocycles. The molecule has 1 aliphatic heterocycles. The lowest BCUT2D eigenvalue weighted by atomic mass is 10.0. The van der Waals surface area contributed by atoms with Crippen molar-refractivity contribution in [3.8, 4) is 5.69 Å². The molecule has 2 aromatic heterocycles. The molecule has 166 valence electrons. The molecule has 5 rings (SSSR count). The Morgan fingerprint density at radius 1 is 0.879 bits per heavy atom. The first-order chi connectivity index (χ1) is 16.0. The SMILES string of the molecule is O=C(O)c1cccn1C1CCN(C(=O)c2nn(-c3ccccc3)c(=O)c3ccccc23)CC1. The molecule has 0 radical (unpaired) electrons. The molecule has 0 saturated carbocycles. The summed E-state index contributed by atoms with van der Waals surface area (Å²) in [5, 5.41) is 14.8. The van der Waals surface area contributed by atoms with Crippen molar-refractivity contribution in [1.29, 1.82) is 0 Å². The van der Waals surface area contributed by atoms with Gasteiger partial charge in [0.05, 0.1) is 11.1 Å². The van der Waals surface area contributed by atoms with Crippen LogP contribution in [-0.2, 0) is 0 Å². The number of carboxylic acid groups (broad SMARTS) is 1. The summed E-state index contributed by atoms with van der Waals surface area (Å²) < 4.78 is 3.05. The molecule has 1 amide bonds. The van der Waals surface area contributed by atoms with Gasteiger partial charge in [-0.2, -0.15) is 9.78 Å². The smallest absolute Gasteiger partial charge is 0.352 e. The predicted octanol–water partition coefficient (Wildman–Crippen LogP) is 3.36. The van der Waals surface area contributed by atoms with Crippen molar-refractivity contribution in [3.05, 3.63) is 94.7 Å². The van der Waals surface area contributed by atoms with Crippen molar-refractivity contribution < 1.29 is 14.7 Å². The van der Waals surface area contributed by atoms with E-state index in [2.05, 4.69) is 5.10 Å². The minimum Gasteiger partial charge on any atom is -0.477 e. The number of benzene rings is 2. The third-order valence-corrected chi connectivity index (χ3v) is 6.15. The van der Waals surface area contributed by atoms with E-state index in [1.54, 1.807) is 64.2 Å². The quantitative estimate of drug-likeness (QED) is 0.523. The van der Waals surface area contributed by atoms with Gasteiger partial charge < -0.3 is 14.6 Å². The van der Waals surface area contributed by atoms with Crippen LogP contribution in [-0.4, -0.2) is 49.3 Å². The molecule has 0 aliphatic carbocycles. The van der Waals surface area contributed by atoms with Gasteiger partial charge in [0.15, 0.2) is 5.69 Å². The van der Waals surface area contributed by atoms with Gasteiger partial charge >= 0.3 is 5.97 Å². The summed E-state index contributed by atoms with van der Waals surface area (Å²) in [7, 11) is 0. The number of carboxylic acids is 1. The Kier molecular flexibility index (Phi) is 5.26. The van der Waals surface area contributed by atoms with Crippen molar-refractivity contribution in [2.45, 2.75) is 18.9 Å². The van der Waals surface area contributed by atoms with Gasteiger partial charge in [-0.25, -0.2) is 4.79 Å². The Bertz CT molecular complexity index is 1400. The number of aromatic nitrogens is 3. The molecule has 0 atom stereocenters. The number of carbonyl (C=O) groups excluding carboxylic acids is 1. The highest BCUT2D eigenvalue weighted by molar-refractivity contribution is 6.04. The molecule has 1 saturated heterocycles. The lowest BCUT2D eigenvalue weighted by Gasteiger charge is -2.33. The van der Waals surface area contributed by atoms with Gasteiger partial charge in [0.25, 0.3) is 11.5 Å². The number of aromatic carboxylic acids is 1. The first kappa shape index (κ1) is 20.7. The third kappa shape index (κ3) is 3.69. The number of nitrogens with zero attached hydrogens (tertiary/aromatic N) is 4. The Hall–Kier alpha value is -4.20. The zero-order valence-corrected chi connectivity index (χ0v) is 17.8. The number of fused-ring (bicyclic) bond motifs is 1. The fraction of sp³-hybridized carbons (Fsp3) is 0.200. The van der Waals surface area contributed by atoms with Gasteiger partial charge in [0, 0.05) is 30.7 Å². The molecule has 3 heterocycles. The molecule has 0 unspecified atom stereocenters. The second-order valence-electron chi connectivity index (χ2n) is 8.08. The minimum absolute atomic E-state index is 0.0122. The second-order valence-corrected chi connectivity index (χ2v) is 8.08. The molecular formula is C25H22N4O4. The Morgan fingerprint density at radius 3 is 2.24 bits per heavy atom. The number of rotatable bonds is 4. The van der Waals surface area contributed by atoms with E-state index in [4.69, 9.17) is 0 Å². The summed E-state index contributed by atoms with van der Waals surface area (Å²) >= 11 is 0. The molecule has 33 heavy (non-hydrogen) atoms. The normalized spacial score (nSPS) is 14.5. The van der Waals surface area contributed by atoms with Crippen molar-refractivity contribution in [1.82, 2.24) is 19.2 Å². The maximum atomic E-state index is 13.5. The Balaban J connectivity index is 1.47. The highest BCUT2D eigenvalue weighted by atomic mass is 16.4. The number of carbonyl (C=O) groups is 2. The van der Waals surface area contributed by atoms with Crippen molar-refractivity contribution in [3.63, 3.8) is 0 Å². The van der Waals surface area contributed by atoms with Crippen LogP contribution in [0.5, 0.6) is 0 Å². The fourth-order valence-electron chi connectivity index (χ4n) is 4.48. The number of likely N-dealkylation sites (tertiary alicyclic amines) is 1. The molecule has 8 nitrogen and oxygen atoms in total. The van der Waals surface area contributed by atoms with Crippen LogP contribution < -0.4 is 5.56 Å². The second kappa shape index (κ2) is 8.38.